The summed E-state index contributed by atoms with van der Waals surface area (Å²) in [5, 5.41) is 2.04. The van der Waals surface area contributed by atoms with E-state index in [0.717, 1.165) is 12.1 Å². The number of hydrogen-bond acceptors (Lipinski definition) is 4. The Hall–Kier alpha value is -0.840. The molecule has 2 aliphatic heterocycles. The van der Waals surface area contributed by atoms with E-state index in [1.165, 1.54) is 0 Å². The second-order valence-corrected chi connectivity index (χ2v) is 5.53. The number of hydroxylamine groups is 2. The molecule has 1 saturated heterocycles. The number of fused-ring (bicyclic) bond motifs is 1. The van der Waals surface area contributed by atoms with Gasteiger partial charge in [-0.2, -0.15) is 0 Å². The third kappa shape index (κ3) is 1.90. The SMILES string of the molecule is C=C(C)[C@@H]1CN2C=CC(C)(C)N(C)C2N1OC. The lowest BCUT2D eigenvalue weighted by molar-refractivity contribution is -0.220. The van der Waals surface area contributed by atoms with Crippen molar-refractivity contribution in [3.05, 3.63) is 24.4 Å². The Morgan fingerprint density at radius 2 is 2.12 bits per heavy atom. The Bertz CT molecular complexity index is 351. The standard InChI is InChI=1S/C13H23N3O/c1-10(2)11-9-15-8-7-13(3,4)14(5)12(15)16(11)17-6/h7-8,11-12H,1,9H2,2-6H3/t11-,12?/m0/s1. The van der Waals surface area contributed by atoms with E-state index in [1.807, 2.05) is 5.06 Å². The molecular formula is C13H23N3O. The summed E-state index contributed by atoms with van der Waals surface area (Å²) in [7, 11) is 3.87. The molecule has 0 saturated carbocycles. The predicted molar refractivity (Wildman–Crippen MR) is 68.9 cm³/mol. The maximum atomic E-state index is 5.57. The number of hydrogen-bond donors (Lipinski definition) is 0. The normalized spacial score (nSPS) is 32.9. The summed E-state index contributed by atoms with van der Waals surface area (Å²) < 4.78 is 0. The number of rotatable bonds is 2. The van der Waals surface area contributed by atoms with Gasteiger partial charge in [-0.25, -0.2) is 0 Å². The van der Waals surface area contributed by atoms with Gasteiger partial charge in [0.05, 0.1) is 13.2 Å². The van der Waals surface area contributed by atoms with Gasteiger partial charge in [0.1, 0.15) is 0 Å². The fourth-order valence-electron chi connectivity index (χ4n) is 2.50. The molecule has 4 nitrogen and oxygen atoms in total. The molecule has 0 aromatic carbocycles. The molecule has 0 aliphatic carbocycles. The van der Waals surface area contributed by atoms with Crippen molar-refractivity contribution in [2.75, 3.05) is 20.7 Å². The van der Waals surface area contributed by atoms with Crippen LogP contribution in [0.2, 0.25) is 0 Å². The van der Waals surface area contributed by atoms with Crippen LogP contribution < -0.4 is 0 Å². The van der Waals surface area contributed by atoms with Gasteiger partial charge in [-0.05, 0) is 40.1 Å². The van der Waals surface area contributed by atoms with Crippen LogP contribution in [0.1, 0.15) is 20.8 Å². The molecule has 0 N–H and O–H groups in total. The fourth-order valence-corrected chi connectivity index (χ4v) is 2.50. The van der Waals surface area contributed by atoms with E-state index in [9.17, 15) is 0 Å². The van der Waals surface area contributed by atoms with Gasteiger partial charge in [0.15, 0.2) is 6.29 Å². The van der Waals surface area contributed by atoms with Gasteiger partial charge in [0, 0.05) is 12.1 Å². The smallest absolute Gasteiger partial charge is 0.163 e. The van der Waals surface area contributed by atoms with Gasteiger partial charge >= 0.3 is 0 Å². The summed E-state index contributed by atoms with van der Waals surface area (Å²) in [5.41, 5.74) is 1.18. The van der Waals surface area contributed by atoms with E-state index in [0.29, 0.717) is 0 Å². The lowest BCUT2D eigenvalue weighted by Gasteiger charge is -2.46. The predicted octanol–water partition coefficient (Wildman–Crippen LogP) is 1.63. The molecule has 4 heteroatoms. The van der Waals surface area contributed by atoms with Crippen LogP contribution in [0.4, 0.5) is 0 Å². The van der Waals surface area contributed by atoms with Crippen LogP contribution in [0.15, 0.2) is 24.4 Å². The quantitative estimate of drug-likeness (QED) is 0.679. The van der Waals surface area contributed by atoms with Crippen LogP contribution in [0, 0.1) is 0 Å². The first-order valence-corrected chi connectivity index (χ1v) is 6.04. The molecule has 1 unspecified atom stereocenters. The summed E-state index contributed by atoms with van der Waals surface area (Å²) in [6, 6.07) is 0.256. The molecular weight excluding hydrogens is 214 g/mol. The fraction of sp³-hybridized carbons (Fsp3) is 0.692. The molecule has 0 spiro atoms. The Balaban J connectivity index is 2.31. The Morgan fingerprint density at radius 3 is 2.65 bits per heavy atom. The molecule has 0 aromatic heterocycles. The number of nitrogens with zero attached hydrogens (tertiary/aromatic N) is 3. The van der Waals surface area contributed by atoms with Gasteiger partial charge in [0.25, 0.3) is 0 Å². The van der Waals surface area contributed by atoms with E-state index in [1.54, 1.807) is 7.11 Å². The highest BCUT2D eigenvalue weighted by Gasteiger charge is 2.46. The molecule has 2 atom stereocenters. The minimum absolute atomic E-state index is 0.0436. The molecule has 96 valence electrons. The van der Waals surface area contributed by atoms with E-state index in [-0.39, 0.29) is 17.9 Å². The first-order chi connectivity index (χ1) is 7.88. The molecule has 1 fully saturated rings. The molecule has 2 heterocycles. The van der Waals surface area contributed by atoms with E-state index >= 15 is 0 Å². The van der Waals surface area contributed by atoms with Gasteiger partial charge < -0.3 is 4.90 Å². The molecule has 2 aliphatic rings. The summed E-state index contributed by atoms with van der Waals surface area (Å²) in [6.07, 6.45) is 4.57. The Kier molecular flexibility index (Phi) is 3.06. The van der Waals surface area contributed by atoms with Gasteiger partial charge in [0.2, 0.25) is 0 Å². The van der Waals surface area contributed by atoms with Crippen molar-refractivity contribution in [1.29, 1.82) is 0 Å². The van der Waals surface area contributed by atoms with Crippen LogP contribution in [-0.2, 0) is 4.84 Å². The zero-order valence-electron chi connectivity index (χ0n) is 11.5. The molecule has 0 bridgehead atoms. The lowest BCUT2D eigenvalue weighted by atomic mass is 10.0. The topological polar surface area (TPSA) is 19.0 Å². The van der Waals surface area contributed by atoms with Crippen molar-refractivity contribution in [2.24, 2.45) is 0 Å². The summed E-state index contributed by atoms with van der Waals surface area (Å²) in [4.78, 5) is 10.2. The van der Waals surface area contributed by atoms with Crippen molar-refractivity contribution in [3.8, 4) is 0 Å². The summed E-state index contributed by atoms with van der Waals surface area (Å²) in [6.45, 7) is 11.5. The highest BCUT2D eigenvalue weighted by Crippen LogP contribution is 2.34. The van der Waals surface area contributed by atoms with Crippen molar-refractivity contribution in [3.63, 3.8) is 0 Å². The third-order valence-electron chi connectivity index (χ3n) is 3.92. The van der Waals surface area contributed by atoms with Crippen LogP contribution in [0.25, 0.3) is 0 Å². The van der Waals surface area contributed by atoms with Gasteiger partial charge in [-0.3, -0.25) is 9.74 Å². The zero-order chi connectivity index (χ0) is 12.8. The maximum Gasteiger partial charge on any atom is 0.163 e. The van der Waals surface area contributed by atoms with Crippen LogP contribution in [-0.4, -0.2) is 53.4 Å². The molecule has 0 radical (unpaired) electrons. The minimum atomic E-state index is 0.0436. The number of likely N-dealkylation sites (N-methyl/N-ethyl adjacent to an activating group) is 1. The Labute approximate surface area is 104 Å². The van der Waals surface area contributed by atoms with Gasteiger partial charge in [-0.15, -0.1) is 5.06 Å². The van der Waals surface area contributed by atoms with Crippen LogP contribution >= 0.6 is 0 Å². The zero-order valence-corrected chi connectivity index (χ0v) is 11.5. The minimum Gasteiger partial charge on any atom is -0.346 e. The molecule has 2 rings (SSSR count). The van der Waals surface area contributed by atoms with Crippen LogP contribution in [0.5, 0.6) is 0 Å². The molecule has 0 amide bonds. The monoisotopic (exact) mass is 237 g/mol. The largest absolute Gasteiger partial charge is 0.346 e. The van der Waals surface area contributed by atoms with Gasteiger partial charge in [-0.1, -0.05) is 12.2 Å². The van der Waals surface area contributed by atoms with Crippen LogP contribution in [0.3, 0.4) is 0 Å². The summed E-state index contributed by atoms with van der Waals surface area (Å²) in [5.74, 6) is 0. The molecule has 0 aromatic rings. The first kappa shape index (κ1) is 12.6. The first-order valence-electron chi connectivity index (χ1n) is 6.04. The van der Waals surface area contributed by atoms with E-state index < -0.39 is 0 Å². The van der Waals surface area contributed by atoms with Crippen molar-refractivity contribution in [2.45, 2.75) is 38.6 Å². The van der Waals surface area contributed by atoms with E-state index in [4.69, 9.17) is 4.84 Å². The third-order valence-corrected chi connectivity index (χ3v) is 3.92. The lowest BCUT2D eigenvalue weighted by Crippen LogP contribution is -2.59. The summed E-state index contributed by atoms with van der Waals surface area (Å²) >= 11 is 0. The second-order valence-electron chi connectivity index (χ2n) is 5.53. The Morgan fingerprint density at radius 1 is 1.47 bits per heavy atom. The maximum absolute atomic E-state index is 5.57. The average molecular weight is 237 g/mol. The van der Waals surface area contributed by atoms with Crippen molar-refractivity contribution >= 4 is 0 Å². The average Bonchev–Trinajstić information content (AvgIpc) is 2.63. The van der Waals surface area contributed by atoms with E-state index in [2.05, 4.69) is 56.5 Å². The highest BCUT2D eigenvalue weighted by atomic mass is 16.7. The molecule has 17 heavy (non-hydrogen) atoms. The highest BCUT2D eigenvalue weighted by molar-refractivity contribution is 5.15. The van der Waals surface area contributed by atoms with Crippen molar-refractivity contribution < 1.29 is 4.84 Å². The second kappa shape index (κ2) is 4.12. The van der Waals surface area contributed by atoms with Crippen molar-refractivity contribution in [1.82, 2.24) is 14.9 Å².